The zero-order valence-electron chi connectivity index (χ0n) is 8.01. The number of nitrogens with zero attached hydrogens (tertiary/aromatic N) is 4. The summed E-state index contributed by atoms with van der Waals surface area (Å²) in [6, 6.07) is 0. The number of nitrogens with one attached hydrogen (secondary N) is 1. The predicted octanol–water partition coefficient (Wildman–Crippen LogP) is -0.690. The molecule has 2 heterocycles. The molecule has 15 heavy (non-hydrogen) atoms. The molecular formula is C7H9N5O3. The van der Waals surface area contributed by atoms with Gasteiger partial charge >= 0.3 is 5.65 Å². The maximum Gasteiger partial charge on any atom is 0.345 e. The quantitative estimate of drug-likeness (QED) is 0.527. The Kier molecular flexibility index (Phi) is 2.59. The minimum Gasteiger partial charge on any atom is -0.383 e. The van der Waals surface area contributed by atoms with E-state index < -0.39 is 0 Å². The summed E-state index contributed by atoms with van der Waals surface area (Å²) in [5.41, 5.74) is 0.411. The zero-order valence-corrected chi connectivity index (χ0v) is 8.01. The molecule has 2 aromatic heterocycles. The third-order valence-electron chi connectivity index (χ3n) is 1.79. The minimum absolute atomic E-state index is 0.189. The van der Waals surface area contributed by atoms with Crippen molar-refractivity contribution in [2.24, 2.45) is 0 Å². The molecule has 8 nitrogen and oxygen atoms in total. The van der Waals surface area contributed by atoms with Gasteiger partial charge in [0.15, 0.2) is 5.82 Å². The summed E-state index contributed by atoms with van der Waals surface area (Å²) in [7, 11) is 1.59. The van der Waals surface area contributed by atoms with Crippen LogP contribution in [0.3, 0.4) is 0 Å². The first-order chi connectivity index (χ1) is 7.33. The molecule has 0 unspecified atom stereocenters. The first kappa shape index (κ1) is 9.59. The lowest BCUT2D eigenvalue weighted by Crippen LogP contribution is -2.24. The highest BCUT2D eigenvalue weighted by Crippen LogP contribution is 2.11. The molecule has 1 N–H and O–H groups in total. The van der Waals surface area contributed by atoms with Gasteiger partial charge in [-0.25, -0.2) is 4.98 Å². The van der Waals surface area contributed by atoms with Crippen molar-refractivity contribution in [1.29, 1.82) is 0 Å². The molecule has 0 atom stereocenters. The lowest BCUT2D eigenvalue weighted by Gasteiger charge is -2.02. The number of fused-ring (bicyclic) bond motifs is 1. The van der Waals surface area contributed by atoms with Crippen LogP contribution in [0, 0.1) is 5.21 Å². The van der Waals surface area contributed by atoms with Crippen LogP contribution in [0.1, 0.15) is 0 Å². The largest absolute Gasteiger partial charge is 0.383 e. The lowest BCUT2D eigenvalue weighted by atomic mass is 10.5. The van der Waals surface area contributed by atoms with E-state index in [-0.39, 0.29) is 16.1 Å². The second-order valence-electron chi connectivity index (χ2n) is 2.74. The normalized spacial score (nSPS) is 10.7. The fourth-order valence-corrected chi connectivity index (χ4v) is 1.12. The van der Waals surface area contributed by atoms with Gasteiger partial charge in [-0.2, -0.15) is 4.98 Å². The summed E-state index contributed by atoms with van der Waals surface area (Å²) < 4.78 is 9.26. The Morgan fingerprint density at radius 3 is 3.27 bits per heavy atom. The van der Waals surface area contributed by atoms with Gasteiger partial charge in [-0.05, 0) is 4.90 Å². The molecule has 0 aliphatic heterocycles. The number of aromatic nitrogens is 4. The highest BCUT2D eigenvalue weighted by molar-refractivity contribution is 5.77. The second kappa shape index (κ2) is 4.05. The highest BCUT2D eigenvalue weighted by atomic mass is 16.8. The van der Waals surface area contributed by atoms with Crippen LogP contribution in [0.2, 0.25) is 0 Å². The van der Waals surface area contributed by atoms with Gasteiger partial charge in [-0.1, -0.05) is 0 Å². The van der Waals surface area contributed by atoms with E-state index in [0.29, 0.717) is 19.0 Å². The van der Waals surface area contributed by atoms with Crippen LogP contribution >= 0.6 is 0 Å². The average molecular weight is 211 g/mol. The Labute approximate surface area is 84.4 Å². The molecule has 8 heteroatoms. The van der Waals surface area contributed by atoms with E-state index in [1.807, 2.05) is 0 Å². The van der Waals surface area contributed by atoms with Crippen molar-refractivity contribution in [3.8, 4) is 0 Å². The number of hydrogen-bond acceptors (Lipinski definition) is 7. The molecule has 0 amide bonds. The van der Waals surface area contributed by atoms with E-state index in [9.17, 15) is 5.21 Å². The van der Waals surface area contributed by atoms with Crippen molar-refractivity contribution in [2.45, 2.75) is 0 Å². The molecule has 0 saturated heterocycles. The molecule has 0 spiro atoms. The van der Waals surface area contributed by atoms with E-state index in [1.54, 1.807) is 7.11 Å². The molecule has 0 radical (unpaired) electrons. The van der Waals surface area contributed by atoms with Crippen molar-refractivity contribution >= 4 is 17.0 Å². The van der Waals surface area contributed by atoms with Crippen LogP contribution in [0.4, 0.5) is 5.82 Å². The van der Waals surface area contributed by atoms with E-state index in [4.69, 9.17) is 4.74 Å². The Morgan fingerprint density at radius 1 is 1.60 bits per heavy atom. The number of rotatable bonds is 4. The number of ether oxygens (including phenoxy) is 1. The van der Waals surface area contributed by atoms with Crippen molar-refractivity contribution in [3.63, 3.8) is 0 Å². The van der Waals surface area contributed by atoms with Crippen LogP contribution in [0.15, 0.2) is 11.0 Å². The Morgan fingerprint density at radius 2 is 2.47 bits per heavy atom. The molecule has 2 rings (SSSR count). The van der Waals surface area contributed by atoms with Gasteiger partial charge in [0.2, 0.25) is 0 Å². The molecular weight excluding hydrogens is 202 g/mol. The van der Waals surface area contributed by atoms with Gasteiger partial charge in [0.05, 0.1) is 11.8 Å². The third-order valence-corrected chi connectivity index (χ3v) is 1.79. The monoisotopic (exact) mass is 211 g/mol. The molecule has 0 fully saturated rings. The Hall–Kier alpha value is -1.96. The van der Waals surface area contributed by atoms with Crippen LogP contribution in [0.25, 0.3) is 11.2 Å². The van der Waals surface area contributed by atoms with Gasteiger partial charge in [0.1, 0.15) is 6.33 Å². The maximum absolute atomic E-state index is 11.2. The van der Waals surface area contributed by atoms with Crippen molar-refractivity contribution in [1.82, 2.24) is 15.1 Å². The molecule has 80 valence electrons. The molecule has 0 saturated carbocycles. The van der Waals surface area contributed by atoms with E-state index in [1.165, 1.54) is 6.33 Å². The summed E-state index contributed by atoms with van der Waals surface area (Å²) in [6.45, 7) is 1.05. The fourth-order valence-electron chi connectivity index (χ4n) is 1.12. The molecule has 0 bridgehead atoms. The minimum atomic E-state index is 0.189. The zero-order chi connectivity index (χ0) is 10.7. The predicted molar refractivity (Wildman–Crippen MR) is 48.9 cm³/mol. The molecule has 0 aliphatic carbocycles. The average Bonchev–Trinajstić information content (AvgIpc) is 2.62. The summed E-state index contributed by atoms with van der Waals surface area (Å²) >= 11 is 0. The van der Waals surface area contributed by atoms with Crippen molar-refractivity contribution in [2.75, 3.05) is 25.6 Å². The topological polar surface area (TPSA) is 100 Å². The maximum atomic E-state index is 11.2. The first-order valence-corrected chi connectivity index (χ1v) is 4.26. The highest BCUT2D eigenvalue weighted by Gasteiger charge is 2.16. The summed E-state index contributed by atoms with van der Waals surface area (Å²) in [4.78, 5) is 7.96. The lowest BCUT2D eigenvalue weighted by molar-refractivity contribution is -0.782. The standard InChI is InChI=1S/C7H9N5O3/c1-14-3-2-8-6-5-7(10-4-9-6)11-15-12(5)13/h4H,2-3H2,1H3,(H,8,9,10,11). The van der Waals surface area contributed by atoms with Gasteiger partial charge in [0.25, 0.3) is 5.52 Å². The van der Waals surface area contributed by atoms with Crippen molar-refractivity contribution in [3.05, 3.63) is 11.5 Å². The number of hydrogen-bond donors (Lipinski definition) is 1. The van der Waals surface area contributed by atoms with Crippen LogP contribution in [0.5, 0.6) is 0 Å². The van der Waals surface area contributed by atoms with E-state index in [2.05, 4.69) is 25.1 Å². The number of methoxy groups -OCH3 is 1. The Bertz CT molecular complexity index is 457. The first-order valence-electron chi connectivity index (χ1n) is 4.26. The van der Waals surface area contributed by atoms with Crippen LogP contribution in [-0.2, 0) is 4.74 Å². The molecule has 0 aliphatic rings. The van der Waals surface area contributed by atoms with Gasteiger partial charge in [-0.3, -0.25) is 4.63 Å². The fraction of sp³-hybridized carbons (Fsp3) is 0.429. The van der Waals surface area contributed by atoms with E-state index in [0.717, 1.165) is 0 Å². The smallest absolute Gasteiger partial charge is 0.345 e. The number of anilines is 1. The van der Waals surface area contributed by atoms with E-state index >= 15 is 0 Å². The summed E-state index contributed by atoms with van der Waals surface area (Å²) in [6.07, 6.45) is 1.31. The SMILES string of the molecule is COCCNc1ncnc2no[n+]([O-])c12. The van der Waals surface area contributed by atoms with Crippen LogP contribution < -0.4 is 10.2 Å². The molecule has 0 aromatic carbocycles. The summed E-state index contributed by atoms with van der Waals surface area (Å²) in [5.74, 6) is 0.383. The molecule has 2 aromatic rings. The van der Waals surface area contributed by atoms with Crippen LogP contribution in [-0.4, -0.2) is 35.4 Å². The Balaban J connectivity index is 2.29. The van der Waals surface area contributed by atoms with Crippen molar-refractivity contribution < 1.29 is 14.3 Å². The van der Waals surface area contributed by atoms with Gasteiger partial charge in [-0.15, -0.1) is 0 Å². The van der Waals surface area contributed by atoms with Gasteiger partial charge in [0, 0.05) is 13.7 Å². The van der Waals surface area contributed by atoms with Gasteiger partial charge < -0.3 is 15.3 Å². The third kappa shape index (κ3) is 1.79. The summed E-state index contributed by atoms with van der Waals surface area (Å²) in [5, 5.41) is 17.5. The second-order valence-corrected chi connectivity index (χ2v) is 2.74.